The first kappa shape index (κ1) is 18.6. The summed E-state index contributed by atoms with van der Waals surface area (Å²) in [4.78, 5) is 4.63. The van der Waals surface area contributed by atoms with Crippen LogP contribution in [0.25, 0.3) is 16.6 Å². The van der Waals surface area contributed by atoms with Gasteiger partial charge in [-0.25, -0.2) is 13.4 Å². The topological polar surface area (TPSA) is 98.5 Å². The van der Waals surface area contributed by atoms with Crippen LogP contribution in [-0.2, 0) is 14.6 Å². The van der Waals surface area contributed by atoms with Gasteiger partial charge in [0, 0.05) is 24.1 Å². The molecule has 0 radical (unpaired) electrons. The molecule has 1 N–H and O–H groups in total. The molecule has 28 heavy (non-hydrogen) atoms. The molecule has 0 aliphatic heterocycles. The highest BCUT2D eigenvalue weighted by atomic mass is 35.5. The molecule has 0 saturated carbocycles. The number of ether oxygens (including phenoxy) is 1. The molecule has 0 atom stereocenters. The second kappa shape index (κ2) is 7.34. The second-order valence-electron chi connectivity index (χ2n) is 5.99. The Morgan fingerprint density at radius 1 is 1.18 bits per heavy atom. The second-order valence-corrected chi connectivity index (χ2v) is 8.29. The number of benzene rings is 2. The Balaban J connectivity index is 1.96. The summed E-state index contributed by atoms with van der Waals surface area (Å²) in [5.41, 5.74) is 0.773. The highest BCUT2D eigenvalue weighted by Gasteiger charge is 2.27. The van der Waals surface area contributed by atoms with Crippen molar-refractivity contribution in [1.29, 1.82) is 0 Å². The van der Waals surface area contributed by atoms with Crippen molar-refractivity contribution in [1.82, 2.24) is 19.8 Å². The van der Waals surface area contributed by atoms with E-state index >= 15 is 0 Å². The number of hydrogen-bond donors (Lipinski definition) is 1. The number of fused-ring (bicyclic) bond motifs is 3. The fraction of sp³-hybridized carbons (Fsp3) is 0.167. The van der Waals surface area contributed by atoms with Gasteiger partial charge in [0.25, 0.3) is 0 Å². The highest BCUT2D eigenvalue weighted by Crippen LogP contribution is 2.29. The molecule has 0 aliphatic rings. The number of nitrogens with one attached hydrogen (secondary N) is 1. The first-order valence-corrected chi connectivity index (χ1v) is 10.3. The summed E-state index contributed by atoms with van der Waals surface area (Å²) in [5, 5.41) is 12.1. The molecule has 2 heterocycles. The van der Waals surface area contributed by atoms with E-state index in [2.05, 4.69) is 20.6 Å². The summed E-state index contributed by atoms with van der Waals surface area (Å²) >= 11 is 6.14. The molecule has 4 rings (SSSR count). The molecule has 0 bridgehead atoms. The van der Waals surface area contributed by atoms with E-state index in [0.717, 1.165) is 0 Å². The molecule has 0 amide bonds. The van der Waals surface area contributed by atoms with Crippen LogP contribution in [0.4, 0.5) is 5.82 Å². The minimum Gasteiger partial charge on any atom is -0.383 e. The van der Waals surface area contributed by atoms with Gasteiger partial charge in [-0.1, -0.05) is 35.0 Å². The van der Waals surface area contributed by atoms with Crippen molar-refractivity contribution >= 4 is 43.8 Å². The van der Waals surface area contributed by atoms with Crippen molar-refractivity contribution in [3.8, 4) is 0 Å². The zero-order valence-electron chi connectivity index (χ0n) is 14.8. The van der Waals surface area contributed by atoms with Gasteiger partial charge in [-0.15, -0.1) is 5.10 Å². The van der Waals surface area contributed by atoms with Crippen molar-refractivity contribution < 1.29 is 13.2 Å². The fourth-order valence-electron chi connectivity index (χ4n) is 2.86. The number of sulfone groups is 1. The number of methoxy groups -OCH3 is 1. The van der Waals surface area contributed by atoms with E-state index in [-0.39, 0.29) is 15.6 Å². The Hall–Kier alpha value is -2.75. The van der Waals surface area contributed by atoms with E-state index in [4.69, 9.17) is 16.3 Å². The third kappa shape index (κ3) is 3.17. The van der Waals surface area contributed by atoms with Crippen LogP contribution in [-0.4, -0.2) is 48.5 Å². The summed E-state index contributed by atoms with van der Waals surface area (Å²) in [6, 6.07) is 13.3. The Morgan fingerprint density at radius 2 is 1.96 bits per heavy atom. The van der Waals surface area contributed by atoms with Crippen molar-refractivity contribution in [2.75, 3.05) is 25.6 Å². The monoisotopic (exact) mass is 417 g/mol. The maximum absolute atomic E-state index is 13.1. The average Bonchev–Trinajstić information content (AvgIpc) is 3.13. The van der Waals surface area contributed by atoms with Crippen molar-refractivity contribution in [2.45, 2.75) is 9.92 Å². The number of halogens is 1. The van der Waals surface area contributed by atoms with Crippen LogP contribution in [0, 0.1) is 0 Å². The average molecular weight is 418 g/mol. The standard InChI is InChI=1S/C18H16ClN5O3S/c1-27-10-9-20-16-14-11-12(19)7-8-15(14)24-17(21-16)18(22-23-24)28(25,26)13-5-3-2-4-6-13/h2-8,11H,9-10H2,1H3,(H,20,21). The molecule has 4 aromatic rings. The largest absolute Gasteiger partial charge is 0.383 e. The predicted molar refractivity (Wildman–Crippen MR) is 106 cm³/mol. The van der Waals surface area contributed by atoms with Gasteiger partial charge in [-0.2, -0.15) is 4.52 Å². The first-order chi connectivity index (χ1) is 13.5. The summed E-state index contributed by atoms with van der Waals surface area (Å²) in [5.74, 6) is 0.480. The Kier molecular flexibility index (Phi) is 4.88. The molecule has 2 aromatic carbocycles. The Bertz CT molecular complexity index is 1260. The zero-order valence-corrected chi connectivity index (χ0v) is 16.4. The zero-order chi connectivity index (χ0) is 19.7. The molecule has 0 saturated heterocycles. The SMILES string of the molecule is COCCNc1nc2c(S(=O)(=O)c3ccccc3)nnn2c2ccc(Cl)cc12. The molecular formula is C18H16ClN5O3S. The maximum atomic E-state index is 13.1. The van der Waals surface area contributed by atoms with Gasteiger partial charge in [0.05, 0.1) is 17.0 Å². The fourth-order valence-corrected chi connectivity index (χ4v) is 4.29. The molecule has 10 heteroatoms. The summed E-state index contributed by atoms with van der Waals surface area (Å²) < 4.78 is 32.6. The van der Waals surface area contributed by atoms with Gasteiger partial charge in [0.15, 0.2) is 5.65 Å². The molecule has 144 valence electrons. The molecule has 0 spiro atoms. The van der Waals surface area contributed by atoms with Gasteiger partial charge >= 0.3 is 0 Å². The van der Waals surface area contributed by atoms with E-state index < -0.39 is 9.84 Å². The van der Waals surface area contributed by atoms with Crippen LogP contribution in [0.3, 0.4) is 0 Å². The lowest BCUT2D eigenvalue weighted by Crippen LogP contribution is -2.11. The molecule has 0 unspecified atom stereocenters. The number of rotatable bonds is 6. The van der Waals surface area contributed by atoms with Crippen LogP contribution in [0.5, 0.6) is 0 Å². The first-order valence-electron chi connectivity index (χ1n) is 8.40. The van der Waals surface area contributed by atoms with Crippen LogP contribution >= 0.6 is 11.6 Å². The third-order valence-corrected chi connectivity index (χ3v) is 6.08. The van der Waals surface area contributed by atoms with E-state index in [1.54, 1.807) is 43.5 Å². The summed E-state index contributed by atoms with van der Waals surface area (Å²) in [6.45, 7) is 0.950. The molecule has 8 nitrogen and oxygen atoms in total. The van der Waals surface area contributed by atoms with Gasteiger partial charge in [0.1, 0.15) is 5.82 Å². The molecule has 2 aromatic heterocycles. The lowest BCUT2D eigenvalue weighted by atomic mass is 10.2. The molecular weight excluding hydrogens is 402 g/mol. The van der Waals surface area contributed by atoms with Gasteiger partial charge < -0.3 is 10.1 Å². The van der Waals surface area contributed by atoms with E-state index in [9.17, 15) is 8.42 Å². The number of anilines is 1. The summed E-state index contributed by atoms with van der Waals surface area (Å²) in [6.07, 6.45) is 0. The highest BCUT2D eigenvalue weighted by molar-refractivity contribution is 7.91. The van der Waals surface area contributed by atoms with Gasteiger partial charge in [-0.3, -0.25) is 0 Å². The number of aromatic nitrogens is 4. The van der Waals surface area contributed by atoms with Crippen molar-refractivity contribution in [3.63, 3.8) is 0 Å². The lowest BCUT2D eigenvalue weighted by molar-refractivity contribution is 0.210. The minimum atomic E-state index is -3.88. The van der Waals surface area contributed by atoms with Gasteiger partial charge in [-0.05, 0) is 30.3 Å². The summed E-state index contributed by atoms with van der Waals surface area (Å²) in [7, 11) is -2.28. The van der Waals surface area contributed by atoms with Crippen LogP contribution in [0.1, 0.15) is 0 Å². The van der Waals surface area contributed by atoms with Crippen molar-refractivity contribution in [2.24, 2.45) is 0 Å². The van der Waals surface area contributed by atoms with Gasteiger partial charge in [0.2, 0.25) is 14.9 Å². The quantitative estimate of drug-likeness (QED) is 0.481. The normalized spacial score (nSPS) is 11.9. The number of hydrogen-bond acceptors (Lipinski definition) is 7. The predicted octanol–water partition coefficient (Wildman–Crippen LogP) is 2.82. The third-order valence-electron chi connectivity index (χ3n) is 4.18. The van der Waals surface area contributed by atoms with Crippen LogP contribution < -0.4 is 5.32 Å². The van der Waals surface area contributed by atoms with E-state index in [1.807, 2.05) is 0 Å². The van der Waals surface area contributed by atoms with Crippen LogP contribution in [0.2, 0.25) is 5.02 Å². The maximum Gasteiger partial charge on any atom is 0.229 e. The minimum absolute atomic E-state index is 0.129. The van der Waals surface area contributed by atoms with Crippen molar-refractivity contribution in [3.05, 3.63) is 53.6 Å². The van der Waals surface area contributed by atoms with E-state index in [0.29, 0.717) is 34.9 Å². The lowest BCUT2D eigenvalue weighted by Gasteiger charge is -2.10. The Morgan fingerprint density at radius 3 is 2.71 bits per heavy atom. The molecule has 0 fully saturated rings. The van der Waals surface area contributed by atoms with Crippen LogP contribution in [0.15, 0.2) is 58.5 Å². The van der Waals surface area contributed by atoms with E-state index in [1.165, 1.54) is 16.6 Å². The smallest absolute Gasteiger partial charge is 0.229 e. The number of nitrogens with zero attached hydrogens (tertiary/aromatic N) is 4. The Labute approximate surface area is 166 Å². The molecule has 0 aliphatic carbocycles.